The molecule has 0 saturated heterocycles. The fourth-order valence-electron chi connectivity index (χ4n) is 2.70. The first kappa shape index (κ1) is 21.3. The molecule has 0 bridgehead atoms. The van der Waals surface area contributed by atoms with Crippen LogP contribution in [0, 0.1) is 17.6 Å². The molecule has 5 nitrogen and oxygen atoms in total. The van der Waals surface area contributed by atoms with Gasteiger partial charge in [0.15, 0.2) is 5.13 Å². The number of carbonyl (C=O) groups excluding carboxylic acids is 1. The summed E-state index contributed by atoms with van der Waals surface area (Å²) in [5, 5.41) is 2.81. The number of aryl methyl sites for hydroxylation is 1. The minimum Gasteiger partial charge on any atom is -0.393 e. The molecule has 0 aliphatic heterocycles. The number of hydrogen-bond acceptors (Lipinski definition) is 4. The molecule has 0 fully saturated rings. The maximum atomic E-state index is 14.1. The molecule has 2 aromatic heterocycles. The van der Waals surface area contributed by atoms with Crippen LogP contribution >= 0.6 is 22.9 Å². The Labute approximate surface area is 176 Å². The Morgan fingerprint density at radius 1 is 1.34 bits per heavy atom. The van der Waals surface area contributed by atoms with Gasteiger partial charge in [0.05, 0.1) is 12.7 Å². The van der Waals surface area contributed by atoms with Crippen molar-refractivity contribution in [3.05, 3.63) is 63.8 Å². The van der Waals surface area contributed by atoms with Crippen LogP contribution in [0.1, 0.15) is 31.4 Å². The number of rotatable bonds is 7. The average molecular weight is 440 g/mol. The lowest BCUT2D eigenvalue weighted by Gasteiger charge is -2.10. The van der Waals surface area contributed by atoms with Gasteiger partial charge in [-0.15, -0.1) is 0 Å². The molecule has 0 spiro atoms. The lowest BCUT2D eigenvalue weighted by Crippen LogP contribution is -2.18. The van der Waals surface area contributed by atoms with E-state index in [9.17, 15) is 13.6 Å². The maximum absolute atomic E-state index is 14.1. The van der Waals surface area contributed by atoms with E-state index in [2.05, 4.69) is 24.1 Å². The van der Waals surface area contributed by atoms with Gasteiger partial charge in [0.1, 0.15) is 16.0 Å². The van der Waals surface area contributed by atoms with Crippen molar-refractivity contribution in [2.45, 2.75) is 33.2 Å². The zero-order valence-corrected chi connectivity index (χ0v) is 17.5. The first-order valence-corrected chi connectivity index (χ1v) is 10.2. The molecule has 0 saturated carbocycles. The molecule has 3 aromatic rings. The molecule has 0 atom stereocenters. The monoisotopic (exact) mass is 439 g/mol. The van der Waals surface area contributed by atoms with E-state index in [0.717, 1.165) is 35.8 Å². The molecule has 0 radical (unpaired) electrons. The summed E-state index contributed by atoms with van der Waals surface area (Å²) in [4.78, 5) is 16.2. The van der Waals surface area contributed by atoms with Gasteiger partial charge in [0.25, 0.3) is 0 Å². The van der Waals surface area contributed by atoms with Gasteiger partial charge in [0, 0.05) is 23.9 Å². The van der Waals surface area contributed by atoms with Crippen LogP contribution in [-0.4, -0.2) is 15.6 Å². The largest absolute Gasteiger partial charge is 0.420 e. The smallest absolute Gasteiger partial charge is 0.393 e. The quantitative estimate of drug-likeness (QED) is 0.482. The van der Waals surface area contributed by atoms with Gasteiger partial charge in [-0.25, -0.2) is 18.6 Å². The fourth-order valence-corrected chi connectivity index (χ4v) is 3.50. The van der Waals surface area contributed by atoms with Crippen LogP contribution in [0.4, 0.5) is 18.7 Å². The highest BCUT2D eigenvalue weighted by molar-refractivity contribution is 7.19. The summed E-state index contributed by atoms with van der Waals surface area (Å²) in [6, 6.07) is 5.15. The maximum Gasteiger partial charge on any atom is 0.420 e. The number of halogens is 3. The van der Waals surface area contributed by atoms with Crippen LogP contribution in [0.3, 0.4) is 0 Å². The topological polar surface area (TPSA) is 56.1 Å². The number of anilines is 1. The molecule has 1 amide bonds. The van der Waals surface area contributed by atoms with E-state index in [1.165, 1.54) is 18.3 Å². The second-order valence-corrected chi connectivity index (χ2v) is 8.63. The summed E-state index contributed by atoms with van der Waals surface area (Å²) in [5.74, 6) is -0.535. The van der Waals surface area contributed by atoms with Crippen LogP contribution in [0.15, 0.2) is 36.7 Å². The van der Waals surface area contributed by atoms with Crippen LogP contribution in [0.25, 0.3) is 0 Å². The number of ether oxygens (including phenoxy) is 1. The van der Waals surface area contributed by atoms with Crippen LogP contribution in [-0.2, 0) is 13.0 Å². The number of nitrogens with zero attached hydrogens (tertiary/aromatic N) is 2. The van der Waals surface area contributed by atoms with Gasteiger partial charge in [-0.3, -0.25) is 5.32 Å². The van der Waals surface area contributed by atoms with E-state index in [4.69, 9.17) is 16.3 Å². The second kappa shape index (κ2) is 9.37. The van der Waals surface area contributed by atoms with Gasteiger partial charge >= 0.3 is 6.09 Å². The molecule has 3 rings (SSSR count). The van der Waals surface area contributed by atoms with Crippen LogP contribution in [0.2, 0.25) is 4.34 Å². The lowest BCUT2D eigenvalue weighted by atomic mass is 10.1. The van der Waals surface area contributed by atoms with Crippen molar-refractivity contribution >= 4 is 34.2 Å². The molecular weight excluding hydrogens is 420 g/mol. The third-order valence-corrected chi connectivity index (χ3v) is 5.19. The average Bonchev–Trinajstić information content (AvgIpc) is 3.21. The first-order chi connectivity index (χ1) is 13.8. The highest BCUT2D eigenvalue weighted by Crippen LogP contribution is 2.25. The van der Waals surface area contributed by atoms with Crippen LogP contribution in [0.5, 0.6) is 5.88 Å². The fraction of sp³-hybridized carbons (Fsp3) is 0.300. The predicted molar refractivity (Wildman–Crippen MR) is 110 cm³/mol. The van der Waals surface area contributed by atoms with E-state index in [1.807, 2.05) is 6.20 Å². The van der Waals surface area contributed by atoms with Crippen molar-refractivity contribution in [1.82, 2.24) is 9.55 Å². The summed E-state index contributed by atoms with van der Waals surface area (Å²) >= 11 is 6.91. The van der Waals surface area contributed by atoms with E-state index >= 15 is 0 Å². The number of amides is 1. The molecule has 2 heterocycles. The van der Waals surface area contributed by atoms with Gasteiger partial charge in [-0.05, 0) is 30.4 Å². The Morgan fingerprint density at radius 2 is 2.14 bits per heavy atom. The summed E-state index contributed by atoms with van der Waals surface area (Å²) < 4.78 is 34.8. The molecule has 0 unspecified atom stereocenters. The molecule has 9 heteroatoms. The van der Waals surface area contributed by atoms with Crippen molar-refractivity contribution in [2.24, 2.45) is 5.92 Å². The van der Waals surface area contributed by atoms with Gasteiger partial charge < -0.3 is 9.30 Å². The number of thiazole rings is 1. The predicted octanol–water partition coefficient (Wildman–Crippen LogP) is 6.12. The SMILES string of the molecule is CC(C)CCc1cc(OC(=O)Nc2ncc(Cl)s2)n(Cc2ccc(F)cc2F)c1. The minimum absolute atomic E-state index is 0.0967. The van der Waals surface area contributed by atoms with E-state index < -0.39 is 17.7 Å². The Kier molecular flexibility index (Phi) is 6.87. The normalized spacial score (nSPS) is 11.1. The third kappa shape index (κ3) is 6.01. The molecule has 1 aromatic carbocycles. The number of aromatic nitrogens is 2. The van der Waals surface area contributed by atoms with Crippen molar-refractivity contribution in [2.75, 3.05) is 5.32 Å². The van der Waals surface area contributed by atoms with Crippen molar-refractivity contribution < 1.29 is 18.3 Å². The number of benzene rings is 1. The first-order valence-electron chi connectivity index (χ1n) is 9.03. The van der Waals surface area contributed by atoms with E-state index in [0.29, 0.717) is 15.4 Å². The third-order valence-electron chi connectivity index (χ3n) is 4.16. The number of carbonyl (C=O) groups is 1. The summed E-state index contributed by atoms with van der Waals surface area (Å²) in [7, 11) is 0. The van der Waals surface area contributed by atoms with Gasteiger partial charge in [0.2, 0.25) is 5.88 Å². The Balaban J connectivity index is 1.79. The van der Waals surface area contributed by atoms with Crippen LogP contribution < -0.4 is 10.1 Å². The Morgan fingerprint density at radius 3 is 2.79 bits per heavy atom. The summed E-state index contributed by atoms with van der Waals surface area (Å²) in [6.45, 7) is 4.34. The van der Waals surface area contributed by atoms with Crippen molar-refractivity contribution in [3.8, 4) is 5.88 Å². The summed E-state index contributed by atoms with van der Waals surface area (Å²) in [6.07, 6.45) is 4.25. The molecular formula is C20H20ClF2N3O2S. The summed E-state index contributed by atoms with van der Waals surface area (Å²) in [5.41, 5.74) is 1.25. The van der Waals surface area contributed by atoms with E-state index in [1.54, 1.807) is 10.6 Å². The zero-order valence-electron chi connectivity index (χ0n) is 15.9. The van der Waals surface area contributed by atoms with Crippen molar-refractivity contribution in [3.63, 3.8) is 0 Å². The van der Waals surface area contributed by atoms with Gasteiger partial charge in [-0.2, -0.15) is 0 Å². The minimum atomic E-state index is -0.731. The standard InChI is InChI=1S/C20H20ClF2N3O2S/c1-12(2)3-4-13-7-18(28-20(27)25-19-24-9-17(21)29-19)26(10-13)11-14-5-6-15(22)8-16(14)23/h5-10,12H,3-4,11H2,1-2H3,(H,24,25,27). The number of nitrogens with one attached hydrogen (secondary N) is 1. The molecule has 154 valence electrons. The second-order valence-electron chi connectivity index (χ2n) is 6.97. The number of hydrogen-bond donors (Lipinski definition) is 1. The zero-order chi connectivity index (χ0) is 21.0. The lowest BCUT2D eigenvalue weighted by molar-refractivity contribution is 0.211. The Hall–Kier alpha value is -2.45. The molecule has 29 heavy (non-hydrogen) atoms. The molecule has 0 aliphatic carbocycles. The van der Waals surface area contributed by atoms with E-state index in [-0.39, 0.29) is 18.0 Å². The molecule has 0 aliphatic rings. The van der Waals surface area contributed by atoms with Crippen molar-refractivity contribution in [1.29, 1.82) is 0 Å². The highest BCUT2D eigenvalue weighted by Gasteiger charge is 2.15. The molecule has 1 N–H and O–H groups in total. The Bertz CT molecular complexity index is 1000. The highest BCUT2D eigenvalue weighted by atomic mass is 35.5. The van der Waals surface area contributed by atoms with Gasteiger partial charge in [-0.1, -0.05) is 42.9 Å².